The lowest BCUT2D eigenvalue weighted by atomic mass is 10.0. The van der Waals surface area contributed by atoms with Crippen molar-refractivity contribution in [1.29, 1.82) is 0 Å². The van der Waals surface area contributed by atoms with Crippen molar-refractivity contribution in [3.8, 4) is 0 Å². The van der Waals surface area contributed by atoms with Crippen LogP contribution in [0.3, 0.4) is 0 Å². The molecule has 0 radical (unpaired) electrons. The van der Waals surface area contributed by atoms with Gasteiger partial charge in [-0.2, -0.15) is 0 Å². The third-order valence-corrected chi connectivity index (χ3v) is 11.4. The van der Waals surface area contributed by atoms with E-state index in [1.807, 2.05) is 0 Å². The summed E-state index contributed by atoms with van der Waals surface area (Å²) in [5.74, 6) is -1.78. The van der Waals surface area contributed by atoms with Gasteiger partial charge in [0.25, 0.3) is 0 Å². The van der Waals surface area contributed by atoms with Gasteiger partial charge in [0.2, 0.25) is 0 Å². The van der Waals surface area contributed by atoms with Gasteiger partial charge in [0, 0.05) is 13.0 Å². The second kappa shape index (κ2) is 44.3. The quantitative estimate of drug-likeness (QED) is 0.0233. The molecule has 3 unspecified atom stereocenters. The van der Waals surface area contributed by atoms with E-state index in [1.165, 1.54) is 128 Å². The number of carbonyl (C=O) groups excluding carboxylic acids is 1. The van der Waals surface area contributed by atoms with Crippen molar-refractivity contribution < 1.29 is 42.7 Å². The van der Waals surface area contributed by atoms with Crippen molar-refractivity contribution in [2.45, 2.75) is 231 Å². The normalized spacial score (nSPS) is 14.1. The number of carboxylic acids is 1. The summed E-state index contributed by atoms with van der Waals surface area (Å²) in [4.78, 5) is 33.6. The molecule has 0 fully saturated rings. The highest BCUT2D eigenvalue weighted by Crippen LogP contribution is 2.43. The predicted octanol–water partition coefficient (Wildman–Crippen LogP) is 13.7. The molecule has 0 aromatic heterocycles. The molecule has 59 heavy (non-hydrogen) atoms. The summed E-state index contributed by atoms with van der Waals surface area (Å²) in [6.45, 7) is 3.80. The van der Waals surface area contributed by atoms with E-state index in [0.29, 0.717) is 13.0 Å². The van der Waals surface area contributed by atoms with Crippen LogP contribution in [-0.4, -0.2) is 60.5 Å². The van der Waals surface area contributed by atoms with Gasteiger partial charge in [-0.1, -0.05) is 204 Å². The summed E-state index contributed by atoms with van der Waals surface area (Å²) in [7, 11) is -4.62. The molecule has 3 atom stereocenters. The van der Waals surface area contributed by atoms with Crippen molar-refractivity contribution in [1.82, 2.24) is 0 Å². The van der Waals surface area contributed by atoms with Crippen molar-refractivity contribution in [3.63, 3.8) is 0 Å². The number of hydrogen-bond donors (Lipinski definition) is 3. The molecule has 0 aromatic rings. The van der Waals surface area contributed by atoms with Gasteiger partial charge in [0.1, 0.15) is 12.1 Å². The third-order valence-electron chi connectivity index (χ3n) is 10.4. The maximum absolute atomic E-state index is 12.7. The minimum absolute atomic E-state index is 0.0159. The number of nitrogens with two attached hydrogens (primary N) is 1. The van der Waals surface area contributed by atoms with Crippen LogP contribution in [-0.2, 0) is 32.7 Å². The summed E-state index contributed by atoms with van der Waals surface area (Å²) in [6.07, 6.45) is 50.5. The van der Waals surface area contributed by atoms with Crippen LogP contribution in [0, 0.1) is 0 Å². The van der Waals surface area contributed by atoms with Crippen LogP contribution >= 0.6 is 7.82 Å². The molecule has 0 aromatic carbocycles. The van der Waals surface area contributed by atoms with Gasteiger partial charge in [-0.05, 0) is 44.9 Å². The monoisotopic (exact) mass is 856 g/mol. The topological polar surface area (TPSA) is 155 Å². The molecule has 346 valence electrons. The molecule has 4 N–H and O–H groups in total. The van der Waals surface area contributed by atoms with Gasteiger partial charge in [-0.15, -0.1) is 0 Å². The number of esters is 1. The standard InChI is InChI=1S/C48H90NO9P/c1-3-5-7-9-11-13-15-17-19-21-22-23-25-27-29-31-33-35-37-39-41-55-42-45(43-56-59(53,54)57-44-46(49)48(51)52)58-47(50)40-38-36-34-32-30-28-26-24-20-18-16-14-12-10-8-6-4-2/h6,8,12,14,18,20,45-46H,3-5,7,9-11,13,15-17,19,21-44,49H2,1-2H3,(H,51,52)(H,53,54)/b8-6-,14-12-,20-18-. The van der Waals surface area contributed by atoms with Crippen LogP contribution in [0.15, 0.2) is 36.5 Å². The first kappa shape index (κ1) is 57.2. The van der Waals surface area contributed by atoms with Crippen molar-refractivity contribution >= 4 is 19.8 Å². The number of rotatable bonds is 46. The molecule has 0 bridgehead atoms. The van der Waals surface area contributed by atoms with E-state index in [2.05, 4.69) is 50.3 Å². The summed E-state index contributed by atoms with van der Waals surface area (Å²) in [6, 6.07) is -1.47. The third kappa shape index (κ3) is 44.1. The molecule has 0 amide bonds. The summed E-state index contributed by atoms with van der Waals surface area (Å²) >= 11 is 0. The zero-order valence-corrected chi connectivity index (χ0v) is 38.7. The highest BCUT2D eigenvalue weighted by Gasteiger charge is 2.27. The van der Waals surface area contributed by atoms with Crippen molar-refractivity contribution in [2.75, 3.05) is 26.4 Å². The van der Waals surface area contributed by atoms with Gasteiger partial charge >= 0.3 is 19.8 Å². The number of hydrogen-bond acceptors (Lipinski definition) is 8. The zero-order valence-electron chi connectivity index (χ0n) is 37.9. The minimum atomic E-state index is -4.62. The van der Waals surface area contributed by atoms with Crippen LogP contribution in [0.2, 0.25) is 0 Å². The van der Waals surface area contributed by atoms with E-state index in [-0.39, 0.29) is 13.0 Å². The molecule has 0 aliphatic heterocycles. The number of allylic oxidation sites excluding steroid dienone is 6. The zero-order chi connectivity index (χ0) is 43.3. The Hall–Kier alpha value is -1.81. The smallest absolute Gasteiger partial charge is 0.472 e. The molecular formula is C48H90NO9P. The lowest BCUT2D eigenvalue weighted by Gasteiger charge is -2.20. The Morgan fingerprint density at radius 3 is 1.47 bits per heavy atom. The van der Waals surface area contributed by atoms with E-state index in [1.54, 1.807) is 0 Å². The second-order valence-corrected chi connectivity index (χ2v) is 17.7. The second-order valence-electron chi connectivity index (χ2n) is 16.2. The molecule has 0 aliphatic carbocycles. The lowest BCUT2D eigenvalue weighted by molar-refractivity contribution is -0.154. The fraction of sp³-hybridized carbons (Fsp3) is 0.833. The number of unbranched alkanes of at least 4 members (excludes halogenated alkanes) is 26. The number of phosphoric acid groups is 1. The highest BCUT2D eigenvalue weighted by atomic mass is 31.2. The minimum Gasteiger partial charge on any atom is -0.480 e. The molecular weight excluding hydrogens is 766 g/mol. The molecule has 11 heteroatoms. The van der Waals surface area contributed by atoms with Crippen LogP contribution < -0.4 is 5.73 Å². The SMILES string of the molecule is CC/C=C\C/C=C\C/C=C\CCCCCCCCCC(=O)OC(COCCCCCCCCCCCCCCCCCCCCCC)COP(=O)(O)OCC(N)C(=O)O. The summed E-state index contributed by atoms with van der Waals surface area (Å²) < 4.78 is 33.4. The Labute approximate surface area is 361 Å². The Bertz CT molecular complexity index is 1080. The summed E-state index contributed by atoms with van der Waals surface area (Å²) in [5, 5.41) is 8.91. The Morgan fingerprint density at radius 2 is 0.983 bits per heavy atom. The van der Waals surface area contributed by atoms with E-state index in [9.17, 15) is 19.0 Å². The van der Waals surface area contributed by atoms with Gasteiger partial charge in [0.15, 0.2) is 0 Å². The fourth-order valence-electron chi connectivity index (χ4n) is 6.74. The molecule has 0 heterocycles. The Balaban J connectivity index is 4.15. The average Bonchev–Trinajstić information content (AvgIpc) is 3.21. The van der Waals surface area contributed by atoms with Crippen LogP contribution in [0.25, 0.3) is 0 Å². The van der Waals surface area contributed by atoms with Crippen molar-refractivity contribution in [2.24, 2.45) is 5.73 Å². The number of ether oxygens (including phenoxy) is 2. The van der Waals surface area contributed by atoms with E-state index in [0.717, 1.165) is 64.2 Å². The molecule has 0 spiro atoms. The van der Waals surface area contributed by atoms with E-state index < -0.39 is 45.1 Å². The fourth-order valence-corrected chi connectivity index (χ4v) is 7.52. The van der Waals surface area contributed by atoms with E-state index in [4.69, 9.17) is 29.4 Å². The van der Waals surface area contributed by atoms with Gasteiger partial charge in [-0.25, -0.2) is 4.57 Å². The lowest BCUT2D eigenvalue weighted by Crippen LogP contribution is -2.34. The molecule has 0 aliphatic rings. The predicted molar refractivity (Wildman–Crippen MR) is 245 cm³/mol. The first-order valence-electron chi connectivity index (χ1n) is 24.0. The van der Waals surface area contributed by atoms with Crippen molar-refractivity contribution in [3.05, 3.63) is 36.5 Å². The highest BCUT2D eigenvalue weighted by molar-refractivity contribution is 7.47. The molecule has 10 nitrogen and oxygen atoms in total. The Kier molecular flexibility index (Phi) is 42.9. The summed E-state index contributed by atoms with van der Waals surface area (Å²) in [5.41, 5.74) is 5.37. The number of carbonyl (C=O) groups is 2. The van der Waals surface area contributed by atoms with Gasteiger partial charge in [0.05, 0.1) is 19.8 Å². The first-order valence-corrected chi connectivity index (χ1v) is 25.5. The molecule has 0 saturated heterocycles. The van der Waals surface area contributed by atoms with Crippen LogP contribution in [0.1, 0.15) is 219 Å². The van der Waals surface area contributed by atoms with E-state index >= 15 is 0 Å². The molecule has 0 rings (SSSR count). The first-order chi connectivity index (χ1) is 28.7. The van der Waals surface area contributed by atoms with Gasteiger partial charge < -0.3 is 25.2 Å². The number of carboxylic acid groups (broad SMARTS) is 1. The van der Waals surface area contributed by atoms with Crippen LogP contribution in [0.4, 0.5) is 0 Å². The van der Waals surface area contributed by atoms with Crippen LogP contribution in [0.5, 0.6) is 0 Å². The molecule has 0 saturated carbocycles. The number of phosphoric ester groups is 1. The maximum atomic E-state index is 12.7. The average molecular weight is 856 g/mol. The number of aliphatic carboxylic acids is 1. The van der Waals surface area contributed by atoms with Gasteiger partial charge in [-0.3, -0.25) is 18.6 Å². The Morgan fingerprint density at radius 1 is 0.559 bits per heavy atom. The maximum Gasteiger partial charge on any atom is 0.472 e. The largest absolute Gasteiger partial charge is 0.480 e.